The second-order valence-electron chi connectivity index (χ2n) is 5.66. The van der Waals surface area contributed by atoms with Crippen LogP contribution in [-0.4, -0.2) is 28.6 Å². The molecule has 110 valence electrons. The maximum absolute atomic E-state index is 11.9. The van der Waals surface area contributed by atoms with E-state index in [4.69, 9.17) is 0 Å². The van der Waals surface area contributed by atoms with Crippen LogP contribution < -0.4 is 5.32 Å². The fraction of sp³-hybridized carbons (Fsp3) is 0.625. The smallest absolute Gasteiger partial charge is 0.220 e. The zero-order valence-corrected chi connectivity index (χ0v) is 11.9. The van der Waals surface area contributed by atoms with E-state index in [9.17, 15) is 9.90 Å². The molecule has 20 heavy (non-hydrogen) atoms. The van der Waals surface area contributed by atoms with Gasteiger partial charge in [0.05, 0.1) is 12.6 Å². The van der Waals surface area contributed by atoms with E-state index >= 15 is 0 Å². The molecule has 0 bridgehead atoms. The summed E-state index contributed by atoms with van der Waals surface area (Å²) in [4.78, 5) is 16.1. The van der Waals surface area contributed by atoms with Gasteiger partial charge in [0.25, 0.3) is 0 Å². The summed E-state index contributed by atoms with van der Waals surface area (Å²) in [5.74, 6) is 0.774. The van der Waals surface area contributed by atoms with Gasteiger partial charge in [-0.15, -0.1) is 0 Å². The highest BCUT2D eigenvalue weighted by Gasteiger charge is 2.17. The molecule has 1 aromatic rings. The second kappa shape index (κ2) is 8.00. The number of nitrogens with zero attached hydrogens (tertiary/aromatic N) is 1. The van der Waals surface area contributed by atoms with E-state index in [-0.39, 0.29) is 18.6 Å². The molecule has 1 amide bonds. The molecule has 2 N–H and O–H groups in total. The lowest BCUT2D eigenvalue weighted by molar-refractivity contribution is -0.122. The molecule has 1 aliphatic rings. The molecule has 1 aromatic heterocycles. The molecule has 0 aromatic carbocycles. The number of rotatable bonds is 7. The van der Waals surface area contributed by atoms with Crippen molar-refractivity contribution in [2.24, 2.45) is 5.92 Å². The first kappa shape index (κ1) is 15.0. The first-order chi connectivity index (χ1) is 9.78. The Morgan fingerprint density at radius 1 is 1.40 bits per heavy atom. The molecule has 1 fully saturated rings. The van der Waals surface area contributed by atoms with Gasteiger partial charge in [0.2, 0.25) is 5.91 Å². The van der Waals surface area contributed by atoms with Gasteiger partial charge in [-0.1, -0.05) is 31.7 Å². The maximum atomic E-state index is 11.9. The van der Waals surface area contributed by atoms with Crippen molar-refractivity contribution in [3.63, 3.8) is 0 Å². The number of amides is 1. The number of aromatic nitrogens is 1. The first-order valence-electron chi connectivity index (χ1n) is 7.58. The normalized spacial score (nSPS) is 17.1. The molecular weight excluding hydrogens is 252 g/mol. The van der Waals surface area contributed by atoms with E-state index in [0.717, 1.165) is 18.0 Å². The van der Waals surface area contributed by atoms with E-state index in [1.54, 1.807) is 6.20 Å². The molecule has 1 heterocycles. The van der Waals surface area contributed by atoms with Gasteiger partial charge in [0, 0.05) is 24.7 Å². The van der Waals surface area contributed by atoms with E-state index in [2.05, 4.69) is 10.3 Å². The lowest BCUT2D eigenvalue weighted by Gasteiger charge is -2.16. The summed E-state index contributed by atoms with van der Waals surface area (Å²) in [6.07, 6.45) is 9.01. The van der Waals surface area contributed by atoms with Crippen LogP contribution in [0.1, 0.15) is 44.2 Å². The Hall–Kier alpha value is -1.42. The molecule has 0 radical (unpaired) electrons. The van der Waals surface area contributed by atoms with E-state index < -0.39 is 0 Å². The first-order valence-corrected chi connectivity index (χ1v) is 7.58. The molecule has 4 nitrogen and oxygen atoms in total. The van der Waals surface area contributed by atoms with Crippen LogP contribution in [0.25, 0.3) is 0 Å². The highest BCUT2D eigenvalue weighted by molar-refractivity contribution is 5.76. The van der Waals surface area contributed by atoms with Crippen LogP contribution >= 0.6 is 0 Å². The third kappa shape index (κ3) is 4.93. The average molecular weight is 276 g/mol. The summed E-state index contributed by atoms with van der Waals surface area (Å²) in [5.41, 5.74) is 0.891. The van der Waals surface area contributed by atoms with Gasteiger partial charge in [-0.05, 0) is 24.5 Å². The summed E-state index contributed by atoms with van der Waals surface area (Å²) in [6.45, 7) is -0.0499. The third-order valence-corrected chi connectivity index (χ3v) is 4.02. The number of nitrogens with one attached hydrogen (secondary N) is 1. The van der Waals surface area contributed by atoms with Crippen molar-refractivity contribution < 1.29 is 9.90 Å². The van der Waals surface area contributed by atoms with Crippen LogP contribution in [0.4, 0.5) is 0 Å². The Balaban J connectivity index is 1.72. The minimum Gasteiger partial charge on any atom is -0.394 e. The lowest BCUT2D eigenvalue weighted by atomic mass is 10.0. The minimum atomic E-state index is -0.235. The number of carbonyl (C=O) groups excluding carboxylic acids is 1. The molecule has 0 spiro atoms. The van der Waals surface area contributed by atoms with Crippen molar-refractivity contribution in [1.29, 1.82) is 0 Å². The Morgan fingerprint density at radius 3 is 2.85 bits per heavy atom. The standard InChI is InChI=1S/C16H24N2O2/c19-12-15(11-14-7-3-4-10-17-14)18-16(20)9-8-13-5-1-2-6-13/h3-4,7,10,13,15,19H,1-2,5-6,8-9,11-12H2,(H,18,20). The monoisotopic (exact) mass is 276 g/mol. The van der Waals surface area contributed by atoms with Gasteiger partial charge < -0.3 is 10.4 Å². The Kier molecular flexibility index (Phi) is 5.99. The Labute approximate surface area is 120 Å². The molecule has 2 rings (SSSR count). The number of hydrogen-bond acceptors (Lipinski definition) is 3. The molecule has 1 aliphatic carbocycles. The van der Waals surface area contributed by atoms with E-state index in [1.807, 2.05) is 18.2 Å². The maximum Gasteiger partial charge on any atom is 0.220 e. The lowest BCUT2D eigenvalue weighted by Crippen LogP contribution is -2.39. The van der Waals surface area contributed by atoms with Gasteiger partial charge in [-0.2, -0.15) is 0 Å². The van der Waals surface area contributed by atoms with Crippen molar-refractivity contribution in [2.45, 2.75) is 51.0 Å². The Bertz CT molecular complexity index is 402. The predicted octanol–water partition coefficient (Wildman–Crippen LogP) is 2.07. The van der Waals surface area contributed by atoms with E-state index in [1.165, 1.54) is 25.7 Å². The van der Waals surface area contributed by atoms with E-state index in [0.29, 0.717) is 12.8 Å². The third-order valence-electron chi connectivity index (χ3n) is 4.02. The zero-order valence-electron chi connectivity index (χ0n) is 11.9. The number of aliphatic hydroxyl groups excluding tert-OH is 1. The molecule has 1 saturated carbocycles. The van der Waals surface area contributed by atoms with Gasteiger partial charge >= 0.3 is 0 Å². The molecule has 1 unspecified atom stereocenters. The summed E-state index contributed by atoms with van der Waals surface area (Å²) < 4.78 is 0. The average Bonchev–Trinajstić information content (AvgIpc) is 2.99. The predicted molar refractivity (Wildman–Crippen MR) is 78.1 cm³/mol. The SMILES string of the molecule is O=C(CCC1CCCC1)NC(CO)Cc1ccccn1. The summed E-state index contributed by atoms with van der Waals surface area (Å²) >= 11 is 0. The fourth-order valence-electron chi connectivity index (χ4n) is 2.87. The van der Waals surface area contributed by atoms with Crippen LogP contribution in [0.15, 0.2) is 24.4 Å². The molecule has 1 atom stereocenters. The van der Waals surface area contributed by atoms with Crippen molar-refractivity contribution in [3.05, 3.63) is 30.1 Å². The fourth-order valence-corrected chi connectivity index (χ4v) is 2.87. The van der Waals surface area contributed by atoms with Crippen LogP contribution in [0.2, 0.25) is 0 Å². The summed E-state index contributed by atoms with van der Waals surface area (Å²) in [7, 11) is 0. The molecule has 4 heteroatoms. The van der Waals surface area contributed by atoms with Gasteiger partial charge in [-0.3, -0.25) is 9.78 Å². The van der Waals surface area contributed by atoms with Crippen molar-refractivity contribution in [3.8, 4) is 0 Å². The van der Waals surface area contributed by atoms with Crippen LogP contribution in [0.3, 0.4) is 0 Å². The summed E-state index contributed by atoms with van der Waals surface area (Å²) in [5, 5.41) is 12.3. The minimum absolute atomic E-state index is 0.0480. The number of pyridine rings is 1. The highest BCUT2D eigenvalue weighted by Crippen LogP contribution is 2.28. The zero-order chi connectivity index (χ0) is 14.2. The Morgan fingerprint density at radius 2 is 2.20 bits per heavy atom. The topological polar surface area (TPSA) is 62.2 Å². The largest absolute Gasteiger partial charge is 0.394 e. The van der Waals surface area contributed by atoms with Gasteiger partial charge in [0.15, 0.2) is 0 Å². The molecule has 0 saturated heterocycles. The van der Waals surface area contributed by atoms with Crippen LogP contribution in [-0.2, 0) is 11.2 Å². The quantitative estimate of drug-likeness (QED) is 0.801. The molecular formula is C16H24N2O2. The van der Waals surface area contributed by atoms with Gasteiger partial charge in [0.1, 0.15) is 0 Å². The number of aliphatic hydroxyl groups is 1. The second-order valence-corrected chi connectivity index (χ2v) is 5.66. The van der Waals surface area contributed by atoms with Crippen LogP contribution in [0.5, 0.6) is 0 Å². The number of carbonyl (C=O) groups is 1. The van der Waals surface area contributed by atoms with Crippen molar-refractivity contribution in [2.75, 3.05) is 6.61 Å². The highest BCUT2D eigenvalue weighted by atomic mass is 16.3. The summed E-state index contributed by atoms with van der Waals surface area (Å²) in [6, 6.07) is 5.45. The van der Waals surface area contributed by atoms with Crippen LogP contribution in [0, 0.1) is 5.92 Å². The van der Waals surface area contributed by atoms with Crippen molar-refractivity contribution in [1.82, 2.24) is 10.3 Å². The molecule has 0 aliphatic heterocycles. The van der Waals surface area contributed by atoms with Gasteiger partial charge in [-0.25, -0.2) is 0 Å². The van der Waals surface area contributed by atoms with Crippen molar-refractivity contribution >= 4 is 5.91 Å². The number of hydrogen-bond donors (Lipinski definition) is 2.